The van der Waals surface area contributed by atoms with Crippen LogP contribution in [0.4, 0.5) is 8.78 Å². The lowest BCUT2D eigenvalue weighted by atomic mass is 10.1. The van der Waals surface area contributed by atoms with E-state index in [-0.39, 0.29) is 28.8 Å². The molecule has 0 aromatic carbocycles. The van der Waals surface area contributed by atoms with Gasteiger partial charge in [0.25, 0.3) is 6.43 Å². The minimum atomic E-state index is -2.83. The van der Waals surface area contributed by atoms with Crippen LogP contribution in [-0.4, -0.2) is 17.6 Å². The molecule has 1 aromatic heterocycles. The molecule has 7 heteroatoms. The van der Waals surface area contributed by atoms with Crippen molar-refractivity contribution in [2.24, 2.45) is 0 Å². The van der Waals surface area contributed by atoms with Gasteiger partial charge in [-0.3, -0.25) is 4.79 Å². The fourth-order valence-electron chi connectivity index (χ4n) is 1.28. The molecule has 0 bridgehead atoms. The van der Waals surface area contributed by atoms with Gasteiger partial charge in [0.05, 0.1) is 18.1 Å². The molecule has 94 valence electrons. The third-order valence-corrected chi connectivity index (χ3v) is 2.59. The first-order valence-electron chi connectivity index (χ1n) is 4.73. The van der Waals surface area contributed by atoms with E-state index < -0.39 is 18.0 Å². The zero-order valence-corrected chi connectivity index (χ0v) is 10.4. The zero-order chi connectivity index (χ0) is 13.0. The van der Waals surface area contributed by atoms with Gasteiger partial charge < -0.3 is 4.74 Å². The molecule has 0 fully saturated rings. The minimum Gasteiger partial charge on any atom is -0.466 e. The average molecular weight is 284 g/mol. The van der Waals surface area contributed by atoms with Gasteiger partial charge in [0.15, 0.2) is 0 Å². The molecule has 0 saturated carbocycles. The van der Waals surface area contributed by atoms with Crippen molar-refractivity contribution < 1.29 is 18.3 Å². The number of carbonyl (C=O) groups excluding carboxylic acids is 1. The summed E-state index contributed by atoms with van der Waals surface area (Å²) in [6.07, 6.45) is -2.17. The Kier molecular flexibility index (Phi) is 5.08. The Bertz CT molecular complexity index is 427. The first-order valence-corrected chi connectivity index (χ1v) is 5.49. The van der Waals surface area contributed by atoms with Crippen LogP contribution in [0.1, 0.15) is 24.5 Å². The van der Waals surface area contributed by atoms with Gasteiger partial charge in [-0.25, -0.2) is 13.8 Å². The minimum absolute atomic E-state index is 0.0902. The Morgan fingerprint density at radius 1 is 1.53 bits per heavy atom. The summed E-state index contributed by atoms with van der Waals surface area (Å²) in [6.45, 7) is 1.78. The molecule has 0 atom stereocenters. The van der Waals surface area contributed by atoms with Crippen molar-refractivity contribution in [2.45, 2.75) is 19.8 Å². The molecule has 0 aliphatic heterocycles. The van der Waals surface area contributed by atoms with E-state index in [1.807, 2.05) is 0 Å². The number of alkyl halides is 2. The Hall–Kier alpha value is -0.940. The zero-order valence-electron chi connectivity index (χ0n) is 8.84. The molecule has 0 aliphatic carbocycles. The Labute approximate surface area is 107 Å². The molecule has 17 heavy (non-hydrogen) atoms. The van der Waals surface area contributed by atoms with Crippen molar-refractivity contribution in [3.8, 4) is 0 Å². The molecule has 0 aliphatic rings. The Morgan fingerprint density at radius 3 is 2.71 bits per heavy atom. The number of rotatable bonds is 4. The number of esters is 1. The van der Waals surface area contributed by atoms with Gasteiger partial charge in [-0.2, -0.15) is 0 Å². The summed E-state index contributed by atoms with van der Waals surface area (Å²) in [5.41, 5.74) is -0.563. The maximum atomic E-state index is 12.8. The molecule has 0 radical (unpaired) electrons. The maximum Gasteiger partial charge on any atom is 0.310 e. The van der Waals surface area contributed by atoms with Crippen LogP contribution in [0.3, 0.4) is 0 Å². The summed E-state index contributed by atoms with van der Waals surface area (Å²) in [6, 6.07) is 0. The van der Waals surface area contributed by atoms with E-state index in [9.17, 15) is 13.6 Å². The fraction of sp³-hybridized carbons (Fsp3) is 0.400. The highest BCUT2D eigenvalue weighted by molar-refractivity contribution is 6.33. The Balaban J connectivity index is 3.12. The van der Waals surface area contributed by atoms with E-state index in [0.29, 0.717) is 0 Å². The van der Waals surface area contributed by atoms with Crippen molar-refractivity contribution in [1.29, 1.82) is 0 Å². The second-order valence-electron chi connectivity index (χ2n) is 3.07. The van der Waals surface area contributed by atoms with E-state index in [0.717, 1.165) is 6.20 Å². The van der Waals surface area contributed by atoms with E-state index >= 15 is 0 Å². The standard InChI is InChI=1S/C10H9Cl2F2NO2/c1-2-17-7(16)3-5-8(10(13)14)6(11)4-15-9(5)12/h4,10H,2-3H2,1H3. The van der Waals surface area contributed by atoms with Crippen LogP contribution in [0.15, 0.2) is 6.20 Å². The normalized spacial score (nSPS) is 10.7. The van der Waals surface area contributed by atoms with Gasteiger partial charge in [0.1, 0.15) is 5.15 Å². The number of carbonyl (C=O) groups is 1. The van der Waals surface area contributed by atoms with Gasteiger partial charge in [-0.05, 0) is 6.92 Å². The largest absolute Gasteiger partial charge is 0.466 e. The van der Waals surface area contributed by atoms with Gasteiger partial charge in [0, 0.05) is 17.3 Å². The summed E-state index contributed by atoms with van der Waals surface area (Å²) < 4.78 is 30.2. The predicted molar refractivity (Wildman–Crippen MR) is 59.6 cm³/mol. The quantitative estimate of drug-likeness (QED) is 0.628. The molecule has 0 saturated heterocycles. The van der Waals surface area contributed by atoms with Gasteiger partial charge >= 0.3 is 5.97 Å². The highest BCUT2D eigenvalue weighted by atomic mass is 35.5. The fourth-order valence-corrected chi connectivity index (χ4v) is 1.74. The molecule has 0 spiro atoms. The van der Waals surface area contributed by atoms with Crippen LogP contribution in [0.5, 0.6) is 0 Å². The average Bonchev–Trinajstić information content (AvgIpc) is 2.23. The highest BCUT2D eigenvalue weighted by Gasteiger charge is 2.22. The first-order chi connectivity index (χ1) is 7.97. The molecular formula is C10H9Cl2F2NO2. The predicted octanol–water partition coefficient (Wildman–Crippen LogP) is 3.43. The second kappa shape index (κ2) is 6.12. The maximum absolute atomic E-state index is 12.8. The molecule has 0 unspecified atom stereocenters. The number of hydrogen-bond donors (Lipinski definition) is 0. The summed E-state index contributed by atoms with van der Waals surface area (Å²) in [5.74, 6) is -0.652. The van der Waals surface area contributed by atoms with E-state index in [1.54, 1.807) is 6.92 Å². The first kappa shape index (κ1) is 14.1. The number of pyridine rings is 1. The van der Waals surface area contributed by atoms with Crippen LogP contribution in [0, 0.1) is 0 Å². The number of ether oxygens (including phenoxy) is 1. The van der Waals surface area contributed by atoms with Crippen molar-refractivity contribution >= 4 is 29.2 Å². The van der Waals surface area contributed by atoms with Crippen molar-refractivity contribution in [3.63, 3.8) is 0 Å². The van der Waals surface area contributed by atoms with E-state index in [4.69, 9.17) is 23.2 Å². The highest BCUT2D eigenvalue weighted by Crippen LogP contribution is 2.33. The van der Waals surface area contributed by atoms with Crippen LogP contribution in [-0.2, 0) is 16.0 Å². The second-order valence-corrected chi connectivity index (χ2v) is 3.84. The van der Waals surface area contributed by atoms with Crippen LogP contribution in [0.2, 0.25) is 10.2 Å². The molecule has 0 N–H and O–H groups in total. The molecule has 3 nitrogen and oxygen atoms in total. The third-order valence-electron chi connectivity index (χ3n) is 1.97. The van der Waals surface area contributed by atoms with Crippen LogP contribution < -0.4 is 0 Å². The van der Waals surface area contributed by atoms with Crippen molar-refractivity contribution in [3.05, 3.63) is 27.5 Å². The number of halogens is 4. The SMILES string of the molecule is CCOC(=O)Cc1c(Cl)ncc(Cl)c1C(F)F. The van der Waals surface area contributed by atoms with E-state index in [2.05, 4.69) is 9.72 Å². The summed E-state index contributed by atoms with van der Waals surface area (Å²) in [5, 5.41) is -0.388. The van der Waals surface area contributed by atoms with Gasteiger partial charge in [0.2, 0.25) is 0 Å². The summed E-state index contributed by atoms with van der Waals surface area (Å²) >= 11 is 11.3. The molecule has 1 heterocycles. The van der Waals surface area contributed by atoms with Crippen molar-refractivity contribution in [2.75, 3.05) is 6.61 Å². The number of nitrogens with zero attached hydrogens (tertiary/aromatic N) is 1. The smallest absolute Gasteiger partial charge is 0.310 e. The molecule has 0 amide bonds. The van der Waals surface area contributed by atoms with Crippen LogP contribution in [0.25, 0.3) is 0 Å². The molecule has 1 rings (SSSR count). The van der Waals surface area contributed by atoms with Crippen LogP contribution >= 0.6 is 23.2 Å². The lowest BCUT2D eigenvalue weighted by Gasteiger charge is -2.11. The third kappa shape index (κ3) is 3.51. The van der Waals surface area contributed by atoms with E-state index in [1.165, 1.54) is 0 Å². The monoisotopic (exact) mass is 283 g/mol. The summed E-state index contributed by atoms with van der Waals surface area (Å²) in [4.78, 5) is 14.9. The number of hydrogen-bond acceptors (Lipinski definition) is 3. The lowest BCUT2D eigenvalue weighted by Crippen LogP contribution is -2.11. The Morgan fingerprint density at radius 2 is 2.18 bits per heavy atom. The molecule has 1 aromatic rings. The number of aromatic nitrogens is 1. The molecular weight excluding hydrogens is 275 g/mol. The van der Waals surface area contributed by atoms with Gasteiger partial charge in [-0.1, -0.05) is 23.2 Å². The topological polar surface area (TPSA) is 39.2 Å². The summed E-state index contributed by atoms with van der Waals surface area (Å²) in [7, 11) is 0. The van der Waals surface area contributed by atoms with Crippen molar-refractivity contribution in [1.82, 2.24) is 4.98 Å². The van der Waals surface area contributed by atoms with Gasteiger partial charge in [-0.15, -0.1) is 0 Å². The lowest BCUT2D eigenvalue weighted by molar-refractivity contribution is -0.142.